The SMILES string of the molecule is CCOc1cc(O[C@H]2CCc3c(-c4cccc5c4CC[C@@H]5Oc4cc(OCC)c(CN[C@@H](CCO)C(N)=O)cc4Cl)cccc32)c(Cl)cc1CN[C@@H](CO)C(N)=O. The van der Waals surface area contributed by atoms with E-state index in [0.29, 0.717) is 51.8 Å². The van der Waals surface area contributed by atoms with Crippen LogP contribution in [0.2, 0.25) is 10.0 Å². The Morgan fingerprint density at radius 1 is 0.719 bits per heavy atom. The fourth-order valence-corrected chi connectivity index (χ4v) is 8.13. The van der Waals surface area contributed by atoms with Crippen LogP contribution in [0.15, 0.2) is 60.7 Å². The molecule has 4 atom stereocenters. The Balaban J connectivity index is 1.21. The largest absolute Gasteiger partial charge is 0.493 e. The van der Waals surface area contributed by atoms with Crippen molar-refractivity contribution in [3.05, 3.63) is 104 Å². The van der Waals surface area contributed by atoms with Gasteiger partial charge in [0.15, 0.2) is 0 Å². The summed E-state index contributed by atoms with van der Waals surface area (Å²) in [7, 11) is 0. The quantitative estimate of drug-likeness (QED) is 0.0632. The standard InChI is InChI=1S/C43H50Cl2N4O8/c1-3-54-38-19-40(32(44)17-24(38)21-48-34(15-16-50)42(46)52)56-36-13-11-28-26(7-5-9-30(28)36)27-8-6-10-31-29(27)12-14-37(31)57-41-20-39(55-4-2)25(18-33(41)45)22-49-35(23-51)43(47)53/h5-10,17-20,34-37,48-51H,3-4,11-16,21-23H2,1-2H3,(H2,46,52)(H2,47,53)/t34-,35-,36-,37-/m0/s1. The highest BCUT2D eigenvalue weighted by atomic mass is 35.5. The Labute approximate surface area is 342 Å². The zero-order valence-electron chi connectivity index (χ0n) is 32.1. The van der Waals surface area contributed by atoms with Crippen LogP contribution >= 0.6 is 23.2 Å². The van der Waals surface area contributed by atoms with Gasteiger partial charge in [-0.1, -0.05) is 59.6 Å². The zero-order valence-corrected chi connectivity index (χ0v) is 33.6. The molecule has 0 bridgehead atoms. The number of aliphatic hydroxyl groups is 2. The van der Waals surface area contributed by atoms with Crippen LogP contribution in [0.4, 0.5) is 0 Å². The highest BCUT2D eigenvalue weighted by Gasteiger charge is 2.32. The van der Waals surface area contributed by atoms with Gasteiger partial charge in [-0.2, -0.15) is 0 Å². The lowest BCUT2D eigenvalue weighted by Crippen LogP contribution is -2.43. The predicted octanol–water partition coefficient (Wildman–Crippen LogP) is 5.85. The van der Waals surface area contributed by atoms with Crippen LogP contribution in [-0.2, 0) is 35.5 Å². The fraction of sp³-hybridized carbons (Fsp3) is 0.395. The molecule has 2 aliphatic rings. The van der Waals surface area contributed by atoms with Gasteiger partial charge in [0.2, 0.25) is 11.8 Å². The van der Waals surface area contributed by atoms with Gasteiger partial charge in [0, 0.05) is 43.0 Å². The van der Waals surface area contributed by atoms with Gasteiger partial charge in [0.05, 0.1) is 35.9 Å². The number of rotatable bonds is 20. The van der Waals surface area contributed by atoms with E-state index in [1.807, 2.05) is 13.8 Å². The van der Waals surface area contributed by atoms with Crippen molar-refractivity contribution < 1.29 is 38.7 Å². The van der Waals surface area contributed by atoms with Gasteiger partial charge >= 0.3 is 0 Å². The molecule has 0 aliphatic heterocycles. The Morgan fingerprint density at radius 2 is 1.18 bits per heavy atom. The van der Waals surface area contributed by atoms with Crippen molar-refractivity contribution in [1.29, 1.82) is 0 Å². The number of benzene rings is 4. The molecule has 0 saturated heterocycles. The molecule has 2 aliphatic carbocycles. The first-order valence-electron chi connectivity index (χ1n) is 19.3. The van der Waals surface area contributed by atoms with Gasteiger partial charge < -0.3 is 45.9 Å². The Kier molecular flexibility index (Phi) is 14.2. The van der Waals surface area contributed by atoms with Crippen molar-refractivity contribution in [3.8, 4) is 34.1 Å². The van der Waals surface area contributed by atoms with Crippen LogP contribution in [0.1, 0.15) is 78.7 Å². The van der Waals surface area contributed by atoms with E-state index < -0.39 is 30.5 Å². The molecule has 0 saturated carbocycles. The second-order valence-corrected chi connectivity index (χ2v) is 14.9. The maximum atomic E-state index is 11.8. The van der Waals surface area contributed by atoms with Gasteiger partial charge in [-0.3, -0.25) is 14.9 Å². The third-order valence-electron chi connectivity index (χ3n) is 10.5. The maximum absolute atomic E-state index is 11.8. The lowest BCUT2D eigenvalue weighted by Gasteiger charge is -2.21. The molecule has 0 fully saturated rings. The van der Waals surface area contributed by atoms with E-state index in [-0.39, 0.29) is 38.3 Å². The number of halogens is 2. The molecule has 0 radical (unpaired) electrons. The third kappa shape index (κ3) is 9.60. The van der Waals surface area contributed by atoms with E-state index in [4.69, 9.17) is 53.6 Å². The molecule has 14 heteroatoms. The highest BCUT2D eigenvalue weighted by molar-refractivity contribution is 6.32. The smallest absolute Gasteiger partial charge is 0.236 e. The van der Waals surface area contributed by atoms with Crippen LogP contribution in [0.3, 0.4) is 0 Å². The van der Waals surface area contributed by atoms with E-state index >= 15 is 0 Å². The number of amides is 2. The summed E-state index contributed by atoms with van der Waals surface area (Å²) in [4.78, 5) is 23.5. The molecule has 6 rings (SSSR count). The molecule has 2 amide bonds. The first-order chi connectivity index (χ1) is 27.6. The van der Waals surface area contributed by atoms with Crippen molar-refractivity contribution in [2.24, 2.45) is 11.5 Å². The second-order valence-electron chi connectivity index (χ2n) is 14.1. The van der Waals surface area contributed by atoms with Crippen LogP contribution in [0, 0.1) is 0 Å². The third-order valence-corrected chi connectivity index (χ3v) is 11.0. The Bertz CT molecular complexity index is 2080. The average Bonchev–Trinajstić information content (AvgIpc) is 3.80. The minimum absolute atomic E-state index is 0.171. The van der Waals surface area contributed by atoms with E-state index in [2.05, 4.69) is 47.0 Å². The molecule has 57 heavy (non-hydrogen) atoms. The number of hydrogen-bond acceptors (Lipinski definition) is 10. The number of hydrogen-bond donors (Lipinski definition) is 6. The number of aliphatic hydroxyl groups excluding tert-OH is 2. The number of ether oxygens (including phenoxy) is 4. The van der Waals surface area contributed by atoms with Crippen LogP contribution in [0.25, 0.3) is 11.1 Å². The molecule has 0 spiro atoms. The van der Waals surface area contributed by atoms with Gasteiger partial charge in [-0.15, -0.1) is 0 Å². The summed E-state index contributed by atoms with van der Waals surface area (Å²) in [6.45, 7) is 4.49. The van der Waals surface area contributed by atoms with E-state index in [1.165, 1.54) is 11.1 Å². The van der Waals surface area contributed by atoms with Crippen molar-refractivity contribution in [2.45, 2.75) is 83.3 Å². The lowest BCUT2D eigenvalue weighted by atomic mass is 9.91. The molecular formula is C43H50Cl2N4O8. The number of nitrogens with one attached hydrogen (secondary N) is 2. The first kappa shape index (κ1) is 42.1. The van der Waals surface area contributed by atoms with Crippen molar-refractivity contribution in [2.75, 3.05) is 26.4 Å². The number of fused-ring (bicyclic) bond motifs is 2. The summed E-state index contributed by atoms with van der Waals surface area (Å²) < 4.78 is 25.1. The summed E-state index contributed by atoms with van der Waals surface area (Å²) >= 11 is 13.6. The average molecular weight is 822 g/mol. The molecule has 0 heterocycles. The summed E-state index contributed by atoms with van der Waals surface area (Å²) in [5.74, 6) is 0.946. The van der Waals surface area contributed by atoms with E-state index in [1.54, 1.807) is 24.3 Å². The lowest BCUT2D eigenvalue weighted by molar-refractivity contribution is -0.121. The van der Waals surface area contributed by atoms with Crippen molar-refractivity contribution >= 4 is 35.0 Å². The number of carbonyl (C=O) groups excluding carboxylic acids is 2. The second kappa shape index (κ2) is 19.3. The number of nitrogens with two attached hydrogens (primary N) is 2. The molecule has 4 aromatic carbocycles. The van der Waals surface area contributed by atoms with Crippen LogP contribution in [0.5, 0.6) is 23.0 Å². The topological polar surface area (TPSA) is 188 Å². The molecule has 12 nitrogen and oxygen atoms in total. The van der Waals surface area contributed by atoms with E-state index in [0.717, 1.165) is 53.5 Å². The maximum Gasteiger partial charge on any atom is 0.236 e. The predicted molar refractivity (Wildman–Crippen MR) is 219 cm³/mol. The molecule has 0 unspecified atom stereocenters. The van der Waals surface area contributed by atoms with Gasteiger partial charge in [-0.05, 0) is 91.5 Å². The van der Waals surface area contributed by atoms with Gasteiger partial charge in [-0.25, -0.2) is 0 Å². The number of primary amides is 2. The highest BCUT2D eigenvalue weighted by Crippen LogP contribution is 2.47. The molecule has 304 valence electrons. The van der Waals surface area contributed by atoms with Crippen LogP contribution < -0.4 is 41.0 Å². The zero-order chi connectivity index (χ0) is 40.6. The minimum atomic E-state index is -0.898. The Morgan fingerprint density at radius 3 is 1.58 bits per heavy atom. The van der Waals surface area contributed by atoms with Crippen LogP contribution in [-0.4, -0.2) is 60.5 Å². The summed E-state index contributed by atoms with van der Waals surface area (Å²) in [5.41, 5.74) is 19.3. The van der Waals surface area contributed by atoms with Gasteiger partial charge in [0.1, 0.15) is 41.2 Å². The number of carbonyl (C=O) groups is 2. The monoisotopic (exact) mass is 820 g/mol. The van der Waals surface area contributed by atoms with E-state index in [9.17, 15) is 19.8 Å². The summed E-state index contributed by atoms with van der Waals surface area (Å²) in [6.07, 6.45) is 2.94. The van der Waals surface area contributed by atoms with Crippen molar-refractivity contribution in [1.82, 2.24) is 10.6 Å². The summed E-state index contributed by atoms with van der Waals surface area (Å²) in [5, 5.41) is 25.7. The molecule has 4 aromatic rings. The first-order valence-corrected chi connectivity index (χ1v) is 20.1. The fourth-order valence-electron chi connectivity index (χ4n) is 7.67. The normalized spacial score (nSPS) is 16.7. The minimum Gasteiger partial charge on any atom is -0.493 e. The van der Waals surface area contributed by atoms with Gasteiger partial charge in [0.25, 0.3) is 0 Å². The Hall–Kier alpha value is -4.56. The van der Waals surface area contributed by atoms with Crippen molar-refractivity contribution in [3.63, 3.8) is 0 Å². The molecular weight excluding hydrogens is 771 g/mol. The summed E-state index contributed by atoms with van der Waals surface area (Å²) in [6, 6.07) is 18.2. The molecule has 8 N–H and O–H groups in total. The molecule has 0 aromatic heterocycles.